The molecule has 8 heteroatoms. The Balaban J connectivity index is 1.57. The number of piperidine rings is 1. The second kappa shape index (κ2) is 10.1. The van der Waals surface area contributed by atoms with E-state index in [1.165, 1.54) is 30.4 Å². The highest BCUT2D eigenvalue weighted by Gasteiger charge is 2.29. The van der Waals surface area contributed by atoms with Crippen LogP contribution in [0.2, 0.25) is 0 Å². The van der Waals surface area contributed by atoms with Gasteiger partial charge in [0.15, 0.2) is 0 Å². The van der Waals surface area contributed by atoms with Crippen molar-refractivity contribution in [3.8, 4) is 0 Å². The van der Waals surface area contributed by atoms with Gasteiger partial charge in [0.05, 0.1) is 13.2 Å². The first-order chi connectivity index (χ1) is 13.6. The van der Waals surface area contributed by atoms with Gasteiger partial charge in [-0.1, -0.05) is 25.7 Å². The van der Waals surface area contributed by atoms with Gasteiger partial charge in [0.1, 0.15) is 5.82 Å². The molecule has 1 N–H and O–H groups in total. The number of carbonyl (C=O) groups excluding carboxylic acids is 1. The standard InChI is InChI=1S/C20H35N5O3/c1-3-24-18(22-25(20(24)27)14-15-28-2)16-10-12-23(13-11-16)19(26)21-17-8-6-4-5-7-9-17/h16-17H,3-15H2,1-2H3,(H,21,26). The van der Waals surface area contributed by atoms with Crippen LogP contribution in [-0.4, -0.2) is 58.1 Å². The fourth-order valence-electron chi connectivity index (χ4n) is 4.41. The first-order valence-electron chi connectivity index (χ1n) is 10.9. The summed E-state index contributed by atoms with van der Waals surface area (Å²) in [5.74, 6) is 1.07. The van der Waals surface area contributed by atoms with Crippen LogP contribution in [0.15, 0.2) is 4.79 Å². The molecule has 1 saturated carbocycles. The molecular formula is C20H35N5O3. The van der Waals surface area contributed by atoms with Gasteiger partial charge >= 0.3 is 11.7 Å². The molecule has 2 aliphatic rings. The average Bonchev–Trinajstić information content (AvgIpc) is 2.86. The maximum absolute atomic E-state index is 12.6. The van der Waals surface area contributed by atoms with Crippen LogP contribution in [0.5, 0.6) is 0 Å². The molecule has 0 bridgehead atoms. The molecule has 1 saturated heterocycles. The van der Waals surface area contributed by atoms with E-state index in [1.54, 1.807) is 11.7 Å². The largest absolute Gasteiger partial charge is 0.383 e. The number of likely N-dealkylation sites (tertiary alicyclic amines) is 1. The second-order valence-electron chi connectivity index (χ2n) is 8.00. The number of hydrogen-bond donors (Lipinski definition) is 1. The molecule has 158 valence electrons. The minimum atomic E-state index is -0.0666. The summed E-state index contributed by atoms with van der Waals surface area (Å²) in [5, 5.41) is 7.82. The number of methoxy groups -OCH3 is 1. The predicted octanol–water partition coefficient (Wildman–Crippen LogP) is 2.32. The molecule has 2 amide bonds. The Morgan fingerprint density at radius 1 is 1.14 bits per heavy atom. The quantitative estimate of drug-likeness (QED) is 0.752. The van der Waals surface area contributed by atoms with Crippen LogP contribution < -0.4 is 11.0 Å². The normalized spacial score (nSPS) is 19.6. The number of rotatable bonds is 6. The van der Waals surface area contributed by atoms with Gasteiger partial charge in [-0.05, 0) is 32.6 Å². The lowest BCUT2D eigenvalue weighted by Gasteiger charge is -2.32. The van der Waals surface area contributed by atoms with Crippen molar-refractivity contribution >= 4 is 6.03 Å². The zero-order chi connectivity index (χ0) is 19.9. The fourth-order valence-corrected chi connectivity index (χ4v) is 4.41. The molecule has 2 heterocycles. The molecule has 2 fully saturated rings. The second-order valence-corrected chi connectivity index (χ2v) is 8.00. The third-order valence-electron chi connectivity index (χ3n) is 6.10. The minimum Gasteiger partial charge on any atom is -0.383 e. The molecule has 0 radical (unpaired) electrons. The molecule has 0 atom stereocenters. The summed E-state index contributed by atoms with van der Waals surface area (Å²) in [4.78, 5) is 27.1. The summed E-state index contributed by atoms with van der Waals surface area (Å²) >= 11 is 0. The van der Waals surface area contributed by atoms with E-state index in [0.29, 0.717) is 38.8 Å². The van der Waals surface area contributed by atoms with Crippen molar-refractivity contribution in [2.75, 3.05) is 26.8 Å². The highest BCUT2D eigenvalue weighted by Crippen LogP contribution is 2.26. The molecule has 0 aromatic carbocycles. The SMILES string of the molecule is CCn1c(C2CCN(C(=O)NC3CCCCCC3)CC2)nn(CCOC)c1=O. The number of amides is 2. The van der Waals surface area contributed by atoms with Gasteiger partial charge in [0.25, 0.3) is 0 Å². The van der Waals surface area contributed by atoms with Crippen molar-refractivity contribution in [2.24, 2.45) is 0 Å². The van der Waals surface area contributed by atoms with Gasteiger partial charge in [0.2, 0.25) is 0 Å². The maximum Gasteiger partial charge on any atom is 0.345 e. The number of aromatic nitrogens is 3. The van der Waals surface area contributed by atoms with Crippen LogP contribution >= 0.6 is 0 Å². The summed E-state index contributed by atoms with van der Waals surface area (Å²) in [5.41, 5.74) is -0.0666. The number of nitrogens with zero attached hydrogens (tertiary/aromatic N) is 4. The predicted molar refractivity (Wildman–Crippen MR) is 108 cm³/mol. The van der Waals surface area contributed by atoms with Gasteiger partial charge in [0, 0.05) is 38.7 Å². The lowest BCUT2D eigenvalue weighted by Crippen LogP contribution is -2.47. The Morgan fingerprint density at radius 3 is 2.43 bits per heavy atom. The van der Waals surface area contributed by atoms with Crippen LogP contribution in [0, 0.1) is 0 Å². The first-order valence-corrected chi connectivity index (χ1v) is 10.9. The van der Waals surface area contributed by atoms with Crippen LogP contribution in [0.3, 0.4) is 0 Å². The lowest BCUT2D eigenvalue weighted by molar-refractivity contribution is 0.174. The summed E-state index contributed by atoms with van der Waals surface area (Å²) < 4.78 is 8.35. The van der Waals surface area contributed by atoms with Crippen molar-refractivity contribution in [1.82, 2.24) is 24.6 Å². The first kappa shape index (κ1) is 20.9. The van der Waals surface area contributed by atoms with Gasteiger partial charge < -0.3 is 15.0 Å². The van der Waals surface area contributed by atoms with Gasteiger partial charge in [-0.15, -0.1) is 0 Å². The van der Waals surface area contributed by atoms with Crippen LogP contribution in [0.4, 0.5) is 4.79 Å². The molecule has 1 aromatic heterocycles. The van der Waals surface area contributed by atoms with E-state index in [9.17, 15) is 9.59 Å². The van der Waals surface area contributed by atoms with Gasteiger partial charge in [-0.2, -0.15) is 5.10 Å². The van der Waals surface area contributed by atoms with E-state index in [-0.39, 0.29) is 17.6 Å². The zero-order valence-electron chi connectivity index (χ0n) is 17.4. The number of nitrogens with one attached hydrogen (secondary N) is 1. The van der Waals surface area contributed by atoms with Crippen LogP contribution in [0.1, 0.15) is 70.0 Å². The smallest absolute Gasteiger partial charge is 0.345 e. The summed E-state index contributed by atoms with van der Waals surface area (Å²) in [6, 6.07) is 0.401. The number of carbonyl (C=O) groups is 1. The molecule has 1 aliphatic heterocycles. The Bertz CT molecular complexity index is 683. The molecule has 28 heavy (non-hydrogen) atoms. The number of hydrogen-bond acceptors (Lipinski definition) is 4. The van der Waals surface area contributed by atoms with Crippen LogP contribution in [-0.2, 0) is 17.8 Å². The zero-order valence-corrected chi connectivity index (χ0v) is 17.4. The highest BCUT2D eigenvalue weighted by molar-refractivity contribution is 5.74. The molecular weight excluding hydrogens is 358 g/mol. The van der Waals surface area contributed by atoms with Crippen molar-refractivity contribution in [3.63, 3.8) is 0 Å². The fraction of sp³-hybridized carbons (Fsp3) is 0.850. The Morgan fingerprint density at radius 2 is 1.82 bits per heavy atom. The molecule has 1 aromatic rings. The third kappa shape index (κ3) is 4.96. The van der Waals surface area contributed by atoms with Crippen molar-refractivity contribution in [3.05, 3.63) is 16.3 Å². The Hall–Kier alpha value is -1.83. The maximum atomic E-state index is 12.6. The van der Waals surface area contributed by atoms with Crippen molar-refractivity contribution in [1.29, 1.82) is 0 Å². The van der Waals surface area contributed by atoms with Gasteiger partial charge in [-0.3, -0.25) is 4.57 Å². The van der Waals surface area contributed by atoms with E-state index >= 15 is 0 Å². The Labute approximate surface area is 167 Å². The molecule has 8 nitrogen and oxygen atoms in total. The van der Waals surface area contributed by atoms with Crippen molar-refractivity contribution < 1.29 is 9.53 Å². The summed E-state index contributed by atoms with van der Waals surface area (Å²) in [6.07, 6.45) is 8.90. The van der Waals surface area contributed by atoms with E-state index in [2.05, 4.69) is 10.4 Å². The lowest BCUT2D eigenvalue weighted by atomic mass is 9.96. The van der Waals surface area contributed by atoms with Crippen molar-refractivity contribution in [2.45, 2.75) is 83.3 Å². The molecule has 1 aliphatic carbocycles. The summed E-state index contributed by atoms with van der Waals surface area (Å²) in [7, 11) is 1.62. The van der Waals surface area contributed by atoms with Crippen LogP contribution in [0.25, 0.3) is 0 Å². The van der Waals surface area contributed by atoms with Gasteiger partial charge in [-0.25, -0.2) is 14.3 Å². The minimum absolute atomic E-state index is 0.0666. The monoisotopic (exact) mass is 393 g/mol. The molecule has 0 unspecified atom stereocenters. The summed E-state index contributed by atoms with van der Waals surface area (Å²) in [6.45, 7) is 4.96. The average molecular weight is 394 g/mol. The molecule has 3 rings (SSSR count). The van der Waals surface area contributed by atoms with E-state index < -0.39 is 0 Å². The van der Waals surface area contributed by atoms with E-state index in [0.717, 1.165) is 31.5 Å². The Kier molecular flexibility index (Phi) is 7.53. The number of urea groups is 1. The van der Waals surface area contributed by atoms with E-state index in [1.807, 2.05) is 11.8 Å². The third-order valence-corrected chi connectivity index (χ3v) is 6.10. The highest BCUT2D eigenvalue weighted by atomic mass is 16.5. The number of ether oxygens (including phenoxy) is 1. The molecule has 0 spiro atoms. The van der Waals surface area contributed by atoms with E-state index in [4.69, 9.17) is 4.74 Å². The topological polar surface area (TPSA) is 81.4 Å².